The highest BCUT2D eigenvalue weighted by Crippen LogP contribution is 2.30. The van der Waals surface area contributed by atoms with Gasteiger partial charge in [-0.15, -0.1) is 6.58 Å². The van der Waals surface area contributed by atoms with Gasteiger partial charge in [0.15, 0.2) is 0 Å². The van der Waals surface area contributed by atoms with Gasteiger partial charge < -0.3 is 56.8 Å². The molecule has 1 saturated carbocycles. The van der Waals surface area contributed by atoms with Gasteiger partial charge in [0.05, 0.1) is 23.8 Å². The Bertz CT molecular complexity index is 2160. The van der Waals surface area contributed by atoms with Gasteiger partial charge in [-0.3, -0.25) is 34.1 Å². The molecule has 466 valence electrons. The molecule has 0 bridgehead atoms. The quantitative estimate of drug-likeness (QED) is 0.0181. The standard InChI is InChI=1S/C30H37N5O3.C10H17NO2.C9H17NO.2C4H10.C3H8.C2H5NO.CH3NO.CH5N/c1-6-30(2,3)35-19-23(24-11-7-8-12-27(24)35)10-9-13-28(36)34-26(29(31)37)17-21-14-15-22(18-33-20-38-5)25(16-21)32-4;1-11(8-10-13)7-5-3-2-4-6-9-12;1-10-9(7-11)6-8-4-2-3-5-8;2*1-4(2)3;1-3-2;1-3-2-4;2-1-3;1-2/h6-8,11-12,14-16,18-19,26H,1,4,9-10,13,17,20H2,2-3,5H3,(H2,31,37)(H,34,36);2-3,9-10H,4-8H2,1H3;7-10H,2-6H2,1H3;2*4H,1-3H3;3H2,1-2H3;2H,1H3,(H,3,4);1H,(H2,2,3);2H2,1H3/b33-18-;3-2-;;;;;;;/t26-;;9-;;;;;;/m0.0....../s1. The molecule has 4 rings (SSSR count). The number of primary amides is 2. The van der Waals surface area contributed by atoms with Crippen LogP contribution in [0.4, 0.5) is 5.69 Å². The highest BCUT2D eigenvalue weighted by atomic mass is 16.5. The van der Waals surface area contributed by atoms with Crippen LogP contribution < -0.4 is 33.2 Å². The van der Waals surface area contributed by atoms with Crippen molar-refractivity contribution in [2.24, 2.45) is 44.9 Å². The monoisotopic (exact) mass is 1150 g/mol. The number of nitrogens with zero attached hydrogens (tertiary/aromatic N) is 4. The van der Waals surface area contributed by atoms with Gasteiger partial charge in [-0.25, -0.2) is 0 Å². The molecule has 2 aromatic carbocycles. The first kappa shape index (κ1) is 84.3. The van der Waals surface area contributed by atoms with Crippen molar-refractivity contribution in [3.8, 4) is 0 Å². The maximum absolute atomic E-state index is 12.7. The fourth-order valence-corrected chi connectivity index (χ4v) is 7.12. The summed E-state index contributed by atoms with van der Waals surface area (Å²) in [6.07, 6.45) is 25.4. The lowest BCUT2D eigenvalue weighted by atomic mass is 9.99. The van der Waals surface area contributed by atoms with Gasteiger partial charge in [0.2, 0.25) is 24.6 Å². The van der Waals surface area contributed by atoms with E-state index in [1.54, 1.807) is 20.4 Å². The van der Waals surface area contributed by atoms with Crippen molar-refractivity contribution in [1.29, 1.82) is 0 Å². The molecule has 18 heteroatoms. The van der Waals surface area contributed by atoms with Crippen LogP contribution in [-0.2, 0) is 56.7 Å². The number of methoxy groups -OCH3 is 1. The lowest BCUT2D eigenvalue weighted by Gasteiger charge is -2.23. The number of nitrogens with one attached hydrogen (secondary N) is 3. The number of likely N-dealkylation sites (N-methyl/N-ethyl adjacent to an activating group) is 2. The SMILES string of the molecule is C=CC(C)(C)n1cc(CCCC(=O)N[C@@H](Cc2ccc(/C=N\COC)c(N=C)c2)C(N)=O)c2ccccc21.CC(C)C.CC(C)C.CCC.CN.CN(CC=O)CC/C=C\CCC=O.CNC=O.CN[C@H](C=O)CC1CCCC1.NC=O. The van der Waals surface area contributed by atoms with Crippen molar-refractivity contribution in [2.45, 2.75) is 170 Å². The molecule has 0 unspecified atom stereocenters. The van der Waals surface area contributed by atoms with Crippen molar-refractivity contribution in [3.63, 3.8) is 0 Å². The van der Waals surface area contributed by atoms with Crippen LogP contribution in [0.2, 0.25) is 0 Å². The number of aliphatic imine (C=N–C) groups is 2. The number of carbonyl (C=O) groups excluding carboxylic acids is 7. The highest BCUT2D eigenvalue weighted by Gasteiger charge is 2.22. The maximum atomic E-state index is 12.7. The first-order chi connectivity index (χ1) is 39.1. The first-order valence-corrected chi connectivity index (χ1v) is 28.7. The van der Waals surface area contributed by atoms with Crippen LogP contribution in [-0.4, -0.2) is 133 Å². The third kappa shape index (κ3) is 47.2. The van der Waals surface area contributed by atoms with Crippen molar-refractivity contribution in [3.05, 3.63) is 90.2 Å². The third-order valence-corrected chi connectivity index (χ3v) is 11.0. The minimum Gasteiger partial charge on any atom is -0.372 e. The Hall–Kier alpha value is -6.47. The first-order valence-electron chi connectivity index (χ1n) is 28.7. The van der Waals surface area contributed by atoms with E-state index in [0.29, 0.717) is 31.5 Å². The molecule has 18 nitrogen and oxygen atoms in total. The van der Waals surface area contributed by atoms with Crippen molar-refractivity contribution >= 4 is 73.0 Å². The number of nitrogens with two attached hydrogens (primary N) is 3. The van der Waals surface area contributed by atoms with E-state index in [-0.39, 0.29) is 43.5 Å². The van der Waals surface area contributed by atoms with E-state index >= 15 is 0 Å². The van der Waals surface area contributed by atoms with Gasteiger partial charge in [-0.05, 0) is 115 Å². The summed E-state index contributed by atoms with van der Waals surface area (Å²) in [6, 6.07) is 13.0. The molecule has 0 aliphatic heterocycles. The van der Waals surface area contributed by atoms with Crippen LogP contribution in [0.5, 0.6) is 0 Å². The number of carbonyl (C=O) groups is 7. The van der Waals surface area contributed by atoms with E-state index in [1.807, 2.05) is 67.6 Å². The van der Waals surface area contributed by atoms with Crippen LogP contribution in [0.1, 0.15) is 157 Å². The summed E-state index contributed by atoms with van der Waals surface area (Å²) < 4.78 is 7.14. The number of rotatable bonds is 27. The third-order valence-electron chi connectivity index (χ3n) is 11.0. The molecule has 1 fully saturated rings. The zero-order valence-electron chi connectivity index (χ0n) is 53.2. The van der Waals surface area contributed by atoms with Gasteiger partial charge in [0.25, 0.3) is 0 Å². The zero-order chi connectivity index (χ0) is 63.7. The molecule has 0 spiro atoms. The van der Waals surface area contributed by atoms with Gasteiger partial charge >= 0.3 is 0 Å². The number of para-hydroxylation sites is 1. The largest absolute Gasteiger partial charge is 0.372 e. The number of hydrogen-bond acceptors (Lipinski definition) is 13. The molecule has 2 atom stereocenters. The molecule has 1 aliphatic rings. The number of ether oxygens (including phenoxy) is 1. The topological polar surface area (TPSA) is 276 Å². The van der Waals surface area contributed by atoms with Crippen molar-refractivity contribution < 1.29 is 38.3 Å². The van der Waals surface area contributed by atoms with Crippen LogP contribution >= 0.6 is 0 Å². The number of aryl methyl sites for hydroxylation is 1. The Labute approximate surface area is 495 Å². The van der Waals surface area contributed by atoms with E-state index in [1.165, 1.54) is 50.1 Å². The Kier molecular flexibility index (Phi) is 59.4. The predicted molar refractivity (Wildman–Crippen MR) is 345 cm³/mol. The smallest absolute Gasteiger partial charge is 0.240 e. The van der Waals surface area contributed by atoms with Crippen LogP contribution in [0.3, 0.4) is 0 Å². The second-order valence-corrected chi connectivity index (χ2v) is 20.8. The van der Waals surface area contributed by atoms with Crippen LogP contribution in [0.25, 0.3) is 10.9 Å². The Balaban J connectivity index is -0.000000364. The molecule has 82 heavy (non-hydrogen) atoms. The lowest BCUT2D eigenvalue weighted by Crippen LogP contribution is -2.45. The maximum Gasteiger partial charge on any atom is 0.240 e. The summed E-state index contributed by atoms with van der Waals surface area (Å²) in [5.41, 5.74) is 18.6. The molecule has 4 amide bonds. The molecule has 1 heterocycles. The van der Waals surface area contributed by atoms with E-state index in [0.717, 1.165) is 85.5 Å². The molecule has 3 aromatic rings. The number of amides is 4. The summed E-state index contributed by atoms with van der Waals surface area (Å²) >= 11 is 0. The molecule has 1 aromatic heterocycles. The fourth-order valence-electron chi connectivity index (χ4n) is 7.12. The average molecular weight is 1150 g/mol. The van der Waals surface area contributed by atoms with Gasteiger partial charge in [-0.2, -0.15) is 0 Å². The second kappa shape index (κ2) is 57.8. The number of aldehydes is 3. The summed E-state index contributed by atoms with van der Waals surface area (Å²) in [5, 5.41) is 9.23. The summed E-state index contributed by atoms with van der Waals surface area (Å²) in [5.74, 6) is 1.67. The average Bonchev–Trinajstić information content (AvgIpc) is 4.26. The Morgan fingerprint density at radius 1 is 0.915 bits per heavy atom. The number of hydrogen-bond donors (Lipinski definition) is 6. The van der Waals surface area contributed by atoms with Gasteiger partial charge in [0.1, 0.15) is 31.6 Å². The van der Waals surface area contributed by atoms with Gasteiger partial charge in [-0.1, -0.05) is 136 Å². The Morgan fingerprint density at radius 2 is 1.48 bits per heavy atom. The fraction of sp³-hybridized carbons (Fsp3) is 0.578. The van der Waals surface area contributed by atoms with Gasteiger partial charge in [0, 0.05) is 68.8 Å². The minimum absolute atomic E-state index is 0.0955. The Morgan fingerprint density at radius 3 is 1.95 bits per heavy atom. The molecule has 9 N–H and O–H groups in total. The summed E-state index contributed by atoms with van der Waals surface area (Å²) in [7, 11) is 8.39. The number of unbranched alkanes of at least 4 members (excludes halogenated alkanes) is 1. The van der Waals surface area contributed by atoms with E-state index in [4.69, 9.17) is 20.1 Å². The summed E-state index contributed by atoms with van der Waals surface area (Å²) in [6.45, 7) is 30.7. The number of benzene rings is 2. The predicted octanol–water partition coefficient (Wildman–Crippen LogP) is 9.63. The summed E-state index contributed by atoms with van der Waals surface area (Å²) in [4.78, 5) is 83.2. The normalized spacial score (nSPS) is 12.0. The molecule has 0 radical (unpaired) electrons. The number of allylic oxidation sites excluding steroid dienone is 2. The lowest BCUT2D eigenvalue weighted by molar-refractivity contribution is -0.127. The van der Waals surface area contributed by atoms with E-state index in [2.05, 4.69) is 143 Å². The van der Waals surface area contributed by atoms with Crippen LogP contribution in [0.15, 0.2) is 83.5 Å². The number of aromatic nitrogens is 1. The van der Waals surface area contributed by atoms with Crippen molar-refractivity contribution in [2.75, 3.05) is 55.1 Å². The van der Waals surface area contributed by atoms with Crippen LogP contribution in [0, 0.1) is 17.8 Å². The minimum atomic E-state index is -0.830. The second-order valence-electron chi connectivity index (χ2n) is 20.8. The zero-order valence-corrected chi connectivity index (χ0v) is 53.2. The van der Waals surface area contributed by atoms with Crippen molar-refractivity contribution in [1.82, 2.24) is 25.4 Å². The highest BCUT2D eigenvalue weighted by molar-refractivity contribution is 5.89. The van der Waals surface area contributed by atoms with E-state index < -0.39 is 11.9 Å². The van der Waals surface area contributed by atoms with E-state index in [9.17, 15) is 24.0 Å². The number of fused-ring (bicyclic) bond motifs is 1. The molecule has 1 aliphatic carbocycles. The molecular formula is C64H112N10O8. The molecule has 0 saturated heterocycles. The molecular weight excluding hydrogens is 1040 g/mol.